The average molecular weight is 395 g/mol. The van der Waals surface area contributed by atoms with Crippen LogP contribution in [0.2, 0.25) is 0 Å². The Balaban J connectivity index is 1.63. The predicted octanol–water partition coefficient (Wildman–Crippen LogP) is 4.77. The first kappa shape index (κ1) is 19.5. The van der Waals surface area contributed by atoms with Crippen molar-refractivity contribution in [3.63, 3.8) is 0 Å². The largest absolute Gasteiger partial charge is 0.469 e. The number of ether oxygens (including phenoxy) is 1. The Labute approximate surface area is 175 Å². The summed E-state index contributed by atoms with van der Waals surface area (Å²) in [4.78, 5) is 29.3. The van der Waals surface area contributed by atoms with Crippen molar-refractivity contribution in [3.8, 4) is 0 Å². The van der Waals surface area contributed by atoms with Crippen LogP contribution in [-0.2, 0) is 22.4 Å². The van der Waals surface area contributed by atoms with Crippen LogP contribution in [0, 0.1) is 0 Å². The van der Waals surface area contributed by atoms with Crippen LogP contribution in [0.1, 0.15) is 32.7 Å². The molecule has 30 heavy (non-hydrogen) atoms. The molecule has 0 saturated carbocycles. The number of hydrogen-bond acceptors (Lipinski definition) is 4. The van der Waals surface area contributed by atoms with Crippen LogP contribution in [-0.4, -0.2) is 23.8 Å². The number of methoxy groups -OCH3 is 1. The molecule has 4 rings (SSSR count). The number of esters is 1. The SMILES string of the molecule is COC(=O)Cc1cnc(C(=O)c2ccc(Cc3ccccc3)cc2)c2ccccc12. The van der Waals surface area contributed by atoms with Crippen molar-refractivity contribution in [3.05, 3.63) is 113 Å². The van der Waals surface area contributed by atoms with Gasteiger partial charge in [-0.2, -0.15) is 0 Å². The van der Waals surface area contributed by atoms with Gasteiger partial charge in [0.2, 0.25) is 5.78 Å². The van der Waals surface area contributed by atoms with E-state index in [9.17, 15) is 9.59 Å². The zero-order valence-corrected chi connectivity index (χ0v) is 16.7. The third kappa shape index (κ3) is 4.13. The van der Waals surface area contributed by atoms with Crippen LogP contribution in [0.25, 0.3) is 10.8 Å². The summed E-state index contributed by atoms with van der Waals surface area (Å²) in [5, 5.41) is 1.57. The van der Waals surface area contributed by atoms with Gasteiger partial charge in [-0.3, -0.25) is 14.6 Å². The standard InChI is InChI=1S/C26H21NO3/c1-30-24(28)16-21-17-27-25(23-10-6-5-9-22(21)23)26(29)20-13-11-19(12-14-20)15-18-7-3-2-4-8-18/h2-14,17H,15-16H2,1H3. The van der Waals surface area contributed by atoms with Crippen molar-refractivity contribution < 1.29 is 14.3 Å². The second-order valence-corrected chi connectivity index (χ2v) is 7.12. The summed E-state index contributed by atoms with van der Waals surface area (Å²) in [6, 6.07) is 25.4. The fourth-order valence-electron chi connectivity index (χ4n) is 3.54. The molecular formula is C26H21NO3. The third-order valence-corrected chi connectivity index (χ3v) is 5.12. The topological polar surface area (TPSA) is 56.3 Å². The number of rotatable bonds is 6. The molecular weight excluding hydrogens is 374 g/mol. The molecule has 0 spiro atoms. The van der Waals surface area contributed by atoms with Crippen molar-refractivity contribution in [2.24, 2.45) is 0 Å². The van der Waals surface area contributed by atoms with E-state index >= 15 is 0 Å². The van der Waals surface area contributed by atoms with Crippen molar-refractivity contribution in [1.29, 1.82) is 0 Å². The average Bonchev–Trinajstić information content (AvgIpc) is 2.80. The van der Waals surface area contributed by atoms with Gasteiger partial charge in [0.15, 0.2) is 0 Å². The normalized spacial score (nSPS) is 10.7. The van der Waals surface area contributed by atoms with Gasteiger partial charge in [-0.1, -0.05) is 78.9 Å². The van der Waals surface area contributed by atoms with Crippen molar-refractivity contribution >= 4 is 22.5 Å². The summed E-state index contributed by atoms with van der Waals surface area (Å²) in [7, 11) is 1.36. The molecule has 148 valence electrons. The molecule has 0 aliphatic heterocycles. The summed E-state index contributed by atoms with van der Waals surface area (Å²) in [5.41, 5.74) is 4.09. The van der Waals surface area contributed by atoms with Gasteiger partial charge < -0.3 is 4.74 Å². The third-order valence-electron chi connectivity index (χ3n) is 5.12. The number of carbonyl (C=O) groups is 2. The van der Waals surface area contributed by atoms with E-state index in [1.54, 1.807) is 6.20 Å². The summed E-state index contributed by atoms with van der Waals surface area (Å²) >= 11 is 0. The summed E-state index contributed by atoms with van der Waals surface area (Å²) in [6.45, 7) is 0. The Morgan fingerprint density at radius 2 is 1.43 bits per heavy atom. The van der Waals surface area contributed by atoms with Crippen molar-refractivity contribution in [1.82, 2.24) is 4.98 Å². The molecule has 1 heterocycles. The van der Waals surface area contributed by atoms with Crippen molar-refractivity contribution in [2.75, 3.05) is 7.11 Å². The molecule has 4 nitrogen and oxygen atoms in total. The second-order valence-electron chi connectivity index (χ2n) is 7.12. The lowest BCUT2D eigenvalue weighted by molar-refractivity contribution is -0.139. The first-order valence-electron chi connectivity index (χ1n) is 9.76. The molecule has 1 aromatic heterocycles. The highest BCUT2D eigenvalue weighted by atomic mass is 16.5. The lowest BCUT2D eigenvalue weighted by Crippen LogP contribution is -2.09. The Bertz CT molecular complexity index is 1200. The lowest BCUT2D eigenvalue weighted by atomic mass is 9.97. The molecule has 0 fully saturated rings. The molecule has 0 atom stereocenters. The lowest BCUT2D eigenvalue weighted by Gasteiger charge is -2.10. The number of aromatic nitrogens is 1. The molecule has 0 saturated heterocycles. The number of benzene rings is 3. The van der Waals surface area contributed by atoms with E-state index in [2.05, 4.69) is 17.1 Å². The quantitative estimate of drug-likeness (QED) is 0.348. The number of fused-ring (bicyclic) bond motifs is 1. The highest BCUT2D eigenvalue weighted by molar-refractivity contribution is 6.15. The second kappa shape index (κ2) is 8.70. The number of pyridine rings is 1. The molecule has 0 N–H and O–H groups in total. The number of ketones is 1. The molecule has 4 aromatic rings. The Hall–Kier alpha value is -3.79. The molecule has 3 aromatic carbocycles. The van der Waals surface area contributed by atoms with E-state index in [1.165, 1.54) is 12.7 Å². The molecule has 0 bridgehead atoms. The molecule has 0 amide bonds. The van der Waals surface area contributed by atoms with E-state index in [1.807, 2.05) is 66.7 Å². The van der Waals surface area contributed by atoms with Crippen LogP contribution in [0.5, 0.6) is 0 Å². The van der Waals surface area contributed by atoms with Crippen LogP contribution in [0.4, 0.5) is 0 Å². The zero-order chi connectivity index (χ0) is 20.9. The minimum atomic E-state index is -0.338. The smallest absolute Gasteiger partial charge is 0.310 e. The fourth-order valence-corrected chi connectivity index (χ4v) is 3.54. The van der Waals surface area contributed by atoms with Gasteiger partial charge in [0.1, 0.15) is 5.69 Å². The van der Waals surface area contributed by atoms with Gasteiger partial charge in [-0.05, 0) is 28.5 Å². The van der Waals surface area contributed by atoms with Gasteiger partial charge in [0.05, 0.1) is 13.5 Å². The maximum atomic E-state index is 13.2. The summed E-state index contributed by atoms with van der Waals surface area (Å²) < 4.78 is 4.77. The van der Waals surface area contributed by atoms with Gasteiger partial charge in [-0.15, -0.1) is 0 Å². The molecule has 0 radical (unpaired) electrons. The predicted molar refractivity (Wildman–Crippen MR) is 117 cm³/mol. The molecule has 0 aliphatic rings. The molecule has 0 aliphatic carbocycles. The van der Waals surface area contributed by atoms with Gasteiger partial charge in [0.25, 0.3) is 0 Å². The van der Waals surface area contributed by atoms with Crippen LogP contribution in [0.15, 0.2) is 85.1 Å². The number of hydrogen-bond donors (Lipinski definition) is 0. The highest BCUT2D eigenvalue weighted by Gasteiger charge is 2.17. The van der Waals surface area contributed by atoms with Crippen LogP contribution in [0.3, 0.4) is 0 Å². The first-order chi connectivity index (χ1) is 14.7. The van der Waals surface area contributed by atoms with Crippen LogP contribution >= 0.6 is 0 Å². The Morgan fingerprint density at radius 1 is 0.800 bits per heavy atom. The highest BCUT2D eigenvalue weighted by Crippen LogP contribution is 2.24. The zero-order valence-electron chi connectivity index (χ0n) is 16.7. The van der Waals surface area contributed by atoms with Gasteiger partial charge >= 0.3 is 5.97 Å². The number of carbonyl (C=O) groups excluding carboxylic acids is 2. The fraction of sp³-hybridized carbons (Fsp3) is 0.115. The van der Waals surface area contributed by atoms with E-state index in [0.29, 0.717) is 11.3 Å². The molecule has 0 unspecified atom stereocenters. The first-order valence-corrected chi connectivity index (χ1v) is 9.76. The van der Waals surface area contributed by atoms with Gasteiger partial charge in [-0.25, -0.2) is 0 Å². The monoisotopic (exact) mass is 395 g/mol. The van der Waals surface area contributed by atoms with E-state index < -0.39 is 0 Å². The minimum Gasteiger partial charge on any atom is -0.469 e. The summed E-state index contributed by atoms with van der Waals surface area (Å²) in [6.07, 6.45) is 2.53. The molecule has 4 heteroatoms. The maximum Gasteiger partial charge on any atom is 0.310 e. The number of nitrogens with zero attached hydrogens (tertiary/aromatic N) is 1. The van der Waals surface area contributed by atoms with E-state index in [4.69, 9.17) is 4.74 Å². The maximum absolute atomic E-state index is 13.2. The van der Waals surface area contributed by atoms with E-state index in [-0.39, 0.29) is 18.2 Å². The van der Waals surface area contributed by atoms with Crippen LogP contribution < -0.4 is 0 Å². The summed E-state index contributed by atoms with van der Waals surface area (Å²) in [5.74, 6) is -0.475. The van der Waals surface area contributed by atoms with Gasteiger partial charge in [0, 0.05) is 17.1 Å². The Kier molecular flexibility index (Phi) is 5.66. The minimum absolute atomic E-state index is 0.118. The Morgan fingerprint density at radius 3 is 2.13 bits per heavy atom. The van der Waals surface area contributed by atoms with Crippen molar-refractivity contribution in [2.45, 2.75) is 12.8 Å². The van der Waals surface area contributed by atoms with E-state index in [0.717, 1.165) is 28.3 Å².